The monoisotopic (exact) mass is 243 g/mol. The summed E-state index contributed by atoms with van der Waals surface area (Å²) in [5, 5.41) is 8.79. The first kappa shape index (κ1) is 12.6. The van der Waals surface area contributed by atoms with Gasteiger partial charge in [-0.25, -0.2) is 0 Å². The van der Waals surface area contributed by atoms with Gasteiger partial charge in [-0.15, -0.1) is 0 Å². The van der Waals surface area contributed by atoms with E-state index in [1.165, 1.54) is 0 Å². The molecule has 0 aliphatic heterocycles. The fourth-order valence-corrected chi connectivity index (χ4v) is 2.56. The Hall–Kier alpha value is -1.82. The molecule has 1 fully saturated rings. The molecule has 1 aromatic carbocycles. The summed E-state index contributed by atoms with van der Waals surface area (Å²) < 4.78 is 5.05. The topological polar surface area (TPSA) is 50.1 Å². The zero-order valence-electron chi connectivity index (χ0n) is 10.6. The Bertz CT molecular complexity index is 466. The molecule has 1 aliphatic carbocycles. The first-order valence-corrected chi connectivity index (χ1v) is 6.36. The van der Waals surface area contributed by atoms with Crippen molar-refractivity contribution in [1.82, 2.24) is 0 Å². The summed E-state index contributed by atoms with van der Waals surface area (Å²) in [6.45, 7) is 2.26. The molecule has 0 amide bonds. The molecule has 1 aliphatic rings. The van der Waals surface area contributed by atoms with Gasteiger partial charge in [0.05, 0.1) is 24.7 Å². The van der Waals surface area contributed by atoms with Gasteiger partial charge in [0, 0.05) is 5.41 Å². The molecule has 1 saturated carbocycles. The lowest BCUT2D eigenvalue weighted by Crippen LogP contribution is -2.37. The van der Waals surface area contributed by atoms with Crippen LogP contribution in [-0.4, -0.2) is 12.6 Å². The third kappa shape index (κ3) is 2.38. The maximum Gasteiger partial charge on any atom is 0.306 e. The zero-order valence-corrected chi connectivity index (χ0v) is 10.6. The minimum absolute atomic E-state index is 0.0553. The number of hydrogen-bond donors (Lipinski definition) is 0. The highest BCUT2D eigenvalue weighted by atomic mass is 16.5. The minimum Gasteiger partial charge on any atom is -0.466 e. The number of nitriles is 1. The second-order valence-electron chi connectivity index (χ2n) is 4.80. The number of esters is 1. The zero-order chi connectivity index (χ0) is 13.0. The number of ether oxygens (including phenoxy) is 1. The molecule has 0 unspecified atom stereocenters. The van der Waals surface area contributed by atoms with Crippen LogP contribution in [0.1, 0.15) is 43.7 Å². The Morgan fingerprint density at radius 1 is 1.39 bits per heavy atom. The average molecular weight is 243 g/mol. The van der Waals surface area contributed by atoms with Gasteiger partial charge in [0.2, 0.25) is 0 Å². The summed E-state index contributed by atoms with van der Waals surface area (Å²) >= 11 is 0. The van der Waals surface area contributed by atoms with Crippen LogP contribution in [0.2, 0.25) is 0 Å². The van der Waals surface area contributed by atoms with Crippen molar-refractivity contribution in [3.63, 3.8) is 0 Å². The van der Waals surface area contributed by atoms with Crippen LogP contribution in [0.15, 0.2) is 24.3 Å². The van der Waals surface area contributed by atoms with Crippen molar-refractivity contribution in [2.75, 3.05) is 6.61 Å². The third-order valence-electron chi connectivity index (χ3n) is 3.73. The van der Waals surface area contributed by atoms with E-state index in [1.54, 1.807) is 0 Å². The highest BCUT2D eigenvalue weighted by Crippen LogP contribution is 2.46. The first-order chi connectivity index (χ1) is 8.70. The minimum atomic E-state index is -0.124. The number of benzene rings is 1. The number of carbonyl (C=O) groups is 1. The highest BCUT2D eigenvalue weighted by Gasteiger charge is 2.40. The van der Waals surface area contributed by atoms with Crippen LogP contribution in [0.4, 0.5) is 0 Å². The van der Waals surface area contributed by atoms with Gasteiger partial charge in [-0.1, -0.05) is 18.6 Å². The van der Waals surface area contributed by atoms with Crippen molar-refractivity contribution in [1.29, 1.82) is 5.26 Å². The molecule has 0 N–H and O–H groups in total. The summed E-state index contributed by atoms with van der Waals surface area (Å²) in [6.07, 6.45) is 3.65. The summed E-state index contributed by atoms with van der Waals surface area (Å²) in [5.41, 5.74) is 1.76. The molecule has 3 nitrogen and oxygen atoms in total. The third-order valence-corrected chi connectivity index (χ3v) is 3.73. The summed E-state index contributed by atoms with van der Waals surface area (Å²) in [4.78, 5) is 11.7. The van der Waals surface area contributed by atoms with E-state index in [0.29, 0.717) is 18.6 Å². The number of rotatable bonds is 4. The van der Waals surface area contributed by atoms with Crippen molar-refractivity contribution in [3.05, 3.63) is 35.4 Å². The lowest BCUT2D eigenvalue weighted by Gasteiger charge is -2.41. The molecule has 0 spiro atoms. The van der Waals surface area contributed by atoms with E-state index in [1.807, 2.05) is 31.2 Å². The molecule has 18 heavy (non-hydrogen) atoms. The predicted octanol–water partition coefficient (Wildman–Crippen LogP) is 2.93. The Balaban J connectivity index is 2.16. The summed E-state index contributed by atoms with van der Waals surface area (Å²) in [6, 6.07) is 9.69. The van der Waals surface area contributed by atoms with Crippen LogP contribution in [0.25, 0.3) is 0 Å². The fourth-order valence-electron chi connectivity index (χ4n) is 2.56. The van der Waals surface area contributed by atoms with Gasteiger partial charge in [0.15, 0.2) is 0 Å². The molecule has 3 heteroatoms. The van der Waals surface area contributed by atoms with Crippen molar-refractivity contribution in [3.8, 4) is 6.07 Å². The number of hydrogen-bond acceptors (Lipinski definition) is 3. The molecule has 1 aromatic rings. The molecule has 0 saturated heterocycles. The van der Waals surface area contributed by atoms with E-state index in [9.17, 15) is 4.79 Å². The number of carbonyl (C=O) groups excluding carboxylic acids is 1. The molecule has 0 heterocycles. The van der Waals surface area contributed by atoms with E-state index in [0.717, 1.165) is 24.8 Å². The SMILES string of the molecule is CCOC(=O)CC1(c2ccc(C#N)cc2)CCC1. The van der Waals surface area contributed by atoms with E-state index in [2.05, 4.69) is 6.07 Å². The van der Waals surface area contributed by atoms with E-state index in [-0.39, 0.29) is 11.4 Å². The van der Waals surface area contributed by atoms with Gasteiger partial charge in [-0.2, -0.15) is 5.26 Å². The second-order valence-corrected chi connectivity index (χ2v) is 4.80. The van der Waals surface area contributed by atoms with Crippen LogP contribution in [0, 0.1) is 11.3 Å². The van der Waals surface area contributed by atoms with Crippen LogP contribution >= 0.6 is 0 Å². The fraction of sp³-hybridized carbons (Fsp3) is 0.467. The smallest absolute Gasteiger partial charge is 0.306 e. The van der Waals surface area contributed by atoms with Crippen molar-refractivity contribution < 1.29 is 9.53 Å². The van der Waals surface area contributed by atoms with Crippen LogP contribution in [0.5, 0.6) is 0 Å². The number of nitrogens with zero attached hydrogens (tertiary/aromatic N) is 1. The van der Waals surface area contributed by atoms with Crippen molar-refractivity contribution >= 4 is 5.97 Å². The standard InChI is InChI=1S/C15H17NO2/c1-2-18-14(17)10-15(8-3-9-15)13-6-4-12(11-16)5-7-13/h4-7H,2-3,8-10H2,1H3. The summed E-state index contributed by atoms with van der Waals surface area (Å²) in [7, 11) is 0. The Morgan fingerprint density at radius 3 is 2.50 bits per heavy atom. The van der Waals surface area contributed by atoms with Gasteiger partial charge < -0.3 is 4.74 Å². The molecular formula is C15H17NO2. The van der Waals surface area contributed by atoms with Gasteiger partial charge in [-0.05, 0) is 37.5 Å². The van der Waals surface area contributed by atoms with E-state index >= 15 is 0 Å². The van der Waals surface area contributed by atoms with Crippen LogP contribution in [-0.2, 0) is 14.9 Å². The maximum atomic E-state index is 11.7. The quantitative estimate of drug-likeness (QED) is 0.764. The average Bonchev–Trinajstić information content (AvgIpc) is 2.34. The lowest BCUT2D eigenvalue weighted by molar-refractivity contribution is -0.145. The van der Waals surface area contributed by atoms with Crippen LogP contribution in [0.3, 0.4) is 0 Å². The first-order valence-electron chi connectivity index (χ1n) is 6.36. The highest BCUT2D eigenvalue weighted by molar-refractivity contribution is 5.71. The van der Waals surface area contributed by atoms with Gasteiger partial charge in [0.25, 0.3) is 0 Å². The van der Waals surface area contributed by atoms with Crippen LogP contribution < -0.4 is 0 Å². The molecule has 94 valence electrons. The normalized spacial score (nSPS) is 16.4. The summed E-state index contributed by atoms with van der Waals surface area (Å²) in [5.74, 6) is -0.124. The molecule has 0 bridgehead atoms. The molecule has 0 aromatic heterocycles. The van der Waals surface area contributed by atoms with Gasteiger partial charge >= 0.3 is 5.97 Å². The van der Waals surface area contributed by atoms with Gasteiger partial charge in [0.1, 0.15) is 0 Å². The Morgan fingerprint density at radius 2 is 2.06 bits per heavy atom. The van der Waals surface area contributed by atoms with Crippen molar-refractivity contribution in [2.24, 2.45) is 0 Å². The lowest BCUT2D eigenvalue weighted by atomic mass is 9.62. The Labute approximate surface area is 107 Å². The molecule has 0 atom stereocenters. The second kappa shape index (κ2) is 5.22. The van der Waals surface area contributed by atoms with Gasteiger partial charge in [-0.3, -0.25) is 4.79 Å². The van der Waals surface area contributed by atoms with Crippen molar-refractivity contribution in [2.45, 2.75) is 38.0 Å². The molecule has 2 rings (SSSR count). The van der Waals surface area contributed by atoms with E-state index < -0.39 is 0 Å². The Kier molecular flexibility index (Phi) is 3.66. The maximum absolute atomic E-state index is 11.7. The molecular weight excluding hydrogens is 226 g/mol. The van der Waals surface area contributed by atoms with E-state index in [4.69, 9.17) is 10.00 Å². The molecule has 0 radical (unpaired) electrons. The predicted molar refractivity (Wildman–Crippen MR) is 67.9 cm³/mol. The largest absolute Gasteiger partial charge is 0.466 e.